The van der Waals surface area contributed by atoms with Gasteiger partial charge >= 0.3 is 0 Å². The summed E-state index contributed by atoms with van der Waals surface area (Å²) in [6.07, 6.45) is 0.198. The van der Waals surface area contributed by atoms with Crippen LogP contribution in [0.1, 0.15) is 13.3 Å². The summed E-state index contributed by atoms with van der Waals surface area (Å²) in [6.45, 7) is 1.53. The van der Waals surface area contributed by atoms with Crippen LogP contribution in [0.3, 0.4) is 0 Å². The van der Waals surface area contributed by atoms with Crippen LogP contribution in [0, 0.1) is 5.82 Å². The average molecular weight is 342 g/mol. The van der Waals surface area contributed by atoms with Gasteiger partial charge in [0.1, 0.15) is 5.82 Å². The van der Waals surface area contributed by atoms with E-state index in [0.29, 0.717) is 0 Å². The van der Waals surface area contributed by atoms with Gasteiger partial charge in [-0.2, -0.15) is 0 Å². The van der Waals surface area contributed by atoms with Gasteiger partial charge in [0.15, 0.2) is 9.84 Å². The van der Waals surface area contributed by atoms with E-state index in [1.54, 1.807) is 0 Å². The fourth-order valence-electron chi connectivity index (χ4n) is 2.12. The number of sulfone groups is 1. The van der Waals surface area contributed by atoms with Crippen LogP contribution in [0.25, 0.3) is 0 Å². The van der Waals surface area contributed by atoms with Crippen molar-refractivity contribution in [3.63, 3.8) is 0 Å². The molecule has 0 spiro atoms. The number of nitrogens with one attached hydrogen (secondary N) is 1. The first-order chi connectivity index (χ1) is 9.03. The van der Waals surface area contributed by atoms with Crippen LogP contribution in [-0.2, 0) is 19.9 Å². The summed E-state index contributed by atoms with van der Waals surface area (Å²) < 4.78 is 62.7. The van der Waals surface area contributed by atoms with E-state index in [1.165, 1.54) is 6.92 Å². The Morgan fingerprint density at radius 2 is 2.05 bits per heavy atom. The zero-order valence-electron chi connectivity index (χ0n) is 10.6. The van der Waals surface area contributed by atoms with E-state index < -0.39 is 31.2 Å². The first-order valence-electron chi connectivity index (χ1n) is 5.73. The highest BCUT2D eigenvalue weighted by Crippen LogP contribution is 2.26. The first-order valence-corrected chi connectivity index (χ1v) is 9.41. The van der Waals surface area contributed by atoms with Crippen molar-refractivity contribution in [2.45, 2.75) is 23.8 Å². The van der Waals surface area contributed by atoms with E-state index in [-0.39, 0.29) is 27.8 Å². The molecule has 0 aromatic heterocycles. The molecule has 0 amide bonds. The Hall–Kier alpha value is -0.700. The monoisotopic (exact) mass is 341 g/mol. The van der Waals surface area contributed by atoms with Gasteiger partial charge in [0.25, 0.3) is 0 Å². The van der Waals surface area contributed by atoms with Crippen molar-refractivity contribution in [1.82, 2.24) is 4.72 Å². The maximum absolute atomic E-state index is 13.0. The third kappa shape index (κ3) is 3.30. The molecule has 0 bridgehead atoms. The largest absolute Gasteiger partial charge is 0.241 e. The lowest BCUT2D eigenvalue weighted by molar-refractivity contribution is 0.461. The van der Waals surface area contributed by atoms with Gasteiger partial charge in [-0.15, -0.1) is 0 Å². The van der Waals surface area contributed by atoms with Crippen molar-refractivity contribution in [1.29, 1.82) is 0 Å². The van der Waals surface area contributed by atoms with Gasteiger partial charge in [-0.05, 0) is 31.5 Å². The summed E-state index contributed by atoms with van der Waals surface area (Å²) in [7, 11) is -7.19. The number of sulfonamides is 1. The van der Waals surface area contributed by atoms with Crippen molar-refractivity contribution in [2.24, 2.45) is 0 Å². The van der Waals surface area contributed by atoms with Crippen LogP contribution >= 0.6 is 11.6 Å². The molecule has 20 heavy (non-hydrogen) atoms. The normalized spacial score (nSPS) is 25.8. The molecule has 0 radical (unpaired) electrons. The van der Waals surface area contributed by atoms with Crippen LogP contribution in [-0.4, -0.2) is 33.9 Å². The molecule has 1 heterocycles. The molecule has 2 rings (SSSR count). The standard InChI is InChI=1S/C11H13ClFNO4S2/c1-11(4-5-19(15,16)7-11)14-20(17,18)8-2-3-10(13)9(12)6-8/h2-3,6,14H,4-5,7H2,1H3/t11-/m0/s1. The lowest BCUT2D eigenvalue weighted by atomic mass is 10.0. The molecule has 1 fully saturated rings. The number of benzene rings is 1. The second kappa shape index (κ2) is 4.94. The second-order valence-corrected chi connectivity index (χ2v) is 9.36. The third-order valence-electron chi connectivity index (χ3n) is 3.09. The second-order valence-electron chi connectivity index (χ2n) is 5.08. The van der Waals surface area contributed by atoms with Crippen LogP contribution in [0.15, 0.2) is 23.1 Å². The molecule has 1 N–H and O–H groups in total. The van der Waals surface area contributed by atoms with Gasteiger partial charge in [-0.3, -0.25) is 0 Å². The van der Waals surface area contributed by atoms with Gasteiger partial charge in [-0.25, -0.2) is 25.9 Å². The van der Waals surface area contributed by atoms with Gasteiger partial charge < -0.3 is 0 Å². The molecule has 1 atom stereocenters. The highest BCUT2D eigenvalue weighted by Gasteiger charge is 2.41. The van der Waals surface area contributed by atoms with Gasteiger partial charge in [-0.1, -0.05) is 11.6 Å². The molecule has 1 aromatic carbocycles. The lowest BCUT2D eigenvalue weighted by Crippen LogP contribution is -2.46. The van der Waals surface area contributed by atoms with Gasteiger partial charge in [0.05, 0.1) is 21.4 Å². The van der Waals surface area contributed by atoms with Crippen LogP contribution < -0.4 is 4.72 Å². The fourth-order valence-corrected chi connectivity index (χ4v) is 6.01. The smallest absolute Gasteiger partial charge is 0.229 e. The summed E-state index contributed by atoms with van der Waals surface area (Å²) >= 11 is 5.55. The molecule has 112 valence electrons. The zero-order chi connectivity index (χ0) is 15.2. The Balaban J connectivity index is 2.30. The van der Waals surface area contributed by atoms with Gasteiger partial charge in [0, 0.05) is 5.54 Å². The lowest BCUT2D eigenvalue weighted by Gasteiger charge is -2.23. The topological polar surface area (TPSA) is 80.3 Å². The Morgan fingerprint density at radius 1 is 1.40 bits per heavy atom. The predicted molar refractivity (Wildman–Crippen MR) is 73.4 cm³/mol. The van der Waals surface area contributed by atoms with Gasteiger partial charge in [0.2, 0.25) is 10.0 Å². The summed E-state index contributed by atoms with van der Waals surface area (Å²) in [5, 5.41) is -0.308. The summed E-state index contributed by atoms with van der Waals surface area (Å²) in [6, 6.07) is 3.02. The van der Waals surface area contributed by atoms with E-state index in [2.05, 4.69) is 4.72 Å². The predicted octanol–water partition coefficient (Wildman–Crippen LogP) is 1.33. The van der Waals surface area contributed by atoms with E-state index in [1.807, 2.05) is 0 Å². The highest BCUT2D eigenvalue weighted by molar-refractivity contribution is 7.92. The number of hydrogen-bond donors (Lipinski definition) is 1. The average Bonchev–Trinajstić information content (AvgIpc) is 2.55. The summed E-state index contributed by atoms with van der Waals surface area (Å²) in [5.41, 5.74) is -1.06. The molecule has 0 unspecified atom stereocenters. The molecular formula is C11H13ClFNO4S2. The molecule has 1 saturated heterocycles. The quantitative estimate of drug-likeness (QED) is 0.899. The molecule has 1 aromatic rings. The Morgan fingerprint density at radius 3 is 2.55 bits per heavy atom. The Kier molecular flexibility index (Phi) is 3.87. The summed E-state index contributed by atoms with van der Waals surface area (Å²) in [4.78, 5) is -0.200. The summed E-state index contributed by atoms with van der Waals surface area (Å²) in [5.74, 6) is -1.04. The van der Waals surface area contributed by atoms with Crippen molar-refractivity contribution in [2.75, 3.05) is 11.5 Å². The minimum Gasteiger partial charge on any atom is -0.229 e. The maximum atomic E-state index is 13.0. The minimum absolute atomic E-state index is 0.0593. The number of hydrogen-bond acceptors (Lipinski definition) is 4. The van der Waals surface area contributed by atoms with Crippen molar-refractivity contribution in [3.05, 3.63) is 29.0 Å². The fraction of sp³-hybridized carbons (Fsp3) is 0.455. The molecule has 1 aliphatic rings. The van der Waals surface area contributed by atoms with E-state index in [4.69, 9.17) is 11.6 Å². The first kappa shape index (κ1) is 15.7. The third-order valence-corrected chi connectivity index (χ3v) is 6.91. The Labute approximate surface area is 122 Å². The maximum Gasteiger partial charge on any atom is 0.241 e. The zero-order valence-corrected chi connectivity index (χ0v) is 12.9. The van der Waals surface area contributed by atoms with Crippen LogP contribution in [0.5, 0.6) is 0 Å². The van der Waals surface area contributed by atoms with E-state index in [9.17, 15) is 21.2 Å². The molecule has 9 heteroatoms. The Bertz CT molecular complexity index is 748. The van der Waals surface area contributed by atoms with Crippen LogP contribution in [0.2, 0.25) is 5.02 Å². The highest BCUT2D eigenvalue weighted by atomic mass is 35.5. The molecular weight excluding hydrogens is 329 g/mol. The molecule has 0 aliphatic carbocycles. The SMILES string of the molecule is C[C@]1(NS(=O)(=O)c2ccc(F)c(Cl)c2)CCS(=O)(=O)C1. The number of rotatable bonds is 3. The van der Waals surface area contributed by atoms with Crippen molar-refractivity contribution < 1.29 is 21.2 Å². The molecule has 1 aliphatic heterocycles. The minimum atomic E-state index is -3.96. The van der Waals surface area contributed by atoms with Crippen molar-refractivity contribution in [3.8, 4) is 0 Å². The molecule has 0 saturated carbocycles. The van der Waals surface area contributed by atoms with E-state index in [0.717, 1.165) is 18.2 Å². The molecule has 5 nitrogen and oxygen atoms in total. The number of halogens is 2. The van der Waals surface area contributed by atoms with Crippen LogP contribution in [0.4, 0.5) is 4.39 Å². The van der Waals surface area contributed by atoms with Crippen molar-refractivity contribution >= 4 is 31.5 Å². The van der Waals surface area contributed by atoms with E-state index >= 15 is 0 Å².